The van der Waals surface area contributed by atoms with Crippen LogP contribution in [0, 0.1) is 5.92 Å². The third-order valence-electron chi connectivity index (χ3n) is 3.38. The Morgan fingerprint density at radius 2 is 2.00 bits per heavy atom. The molecule has 5 heteroatoms. The van der Waals surface area contributed by atoms with Crippen molar-refractivity contribution in [3.8, 4) is 0 Å². The van der Waals surface area contributed by atoms with Crippen LogP contribution in [0.3, 0.4) is 0 Å². The molecular formula is C13H23NO4. The highest BCUT2D eigenvalue weighted by molar-refractivity contribution is 5.85. The van der Waals surface area contributed by atoms with Crippen LogP contribution in [0.5, 0.6) is 0 Å². The van der Waals surface area contributed by atoms with E-state index in [0.29, 0.717) is 13.2 Å². The van der Waals surface area contributed by atoms with Gasteiger partial charge in [-0.05, 0) is 38.5 Å². The van der Waals surface area contributed by atoms with E-state index in [1.165, 1.54) is 0 Å². The van der Waals surface area contributed by atoms with Crippen molar-refractivity contribution in [3.63, 3.8) is 0 Å². The van der Waals surface area contributed by atoms with E-state index in [2.05, 4.69) is 5.32 Å². The number of nitrogens with one attached hydrogen (secondary N) is 1. The van der Waals surface area contributed by atoms with E-state index < -0.39 is 11.6 Å². The quantitative estimate of drug-likeness (QED) is 0.725. The summed E-state index contributed by atoms with van der Waals surface area (Å²) in [6, 6.07) is 0. The predicted molar refractivity (Wildman–Crippen MR) is 67.3 cm³/mol. The minimum atomic E-state index is -0.836. The van der Waals surface area contributed by atoms with Crippen molar-refractivity contribution >= 4 is 11.9 Å². The molecule has 1 amide bonds. The van der Waals surface area contributed by atoms with Gasteiger partial charge in [-0.25, -0.2) is 0 Å². The summed E-state index contributed by atoms with van der Waals surface area (Å²) in [4.78, 5) is 22.7. The van der Waals surface area contributed by atoms with Crippen LogP contribution in [0.2, 0.25) is 0 Å². The lowest BCUT2D eigenvalue weighted by molar-refractivity contribution is -0.146. The molecule has 2 N–H and O–H groups in total. The number of rotatable bonds is 7. The molecule has 104 valence electrons. The summed E-state index contributed by atoms with van der Waals surface area (Å²) in [6.07, 6.45) is 3.62. The number of amides is 1. The number of aliphatic carboxylic acids is 1. The Bertz CT molecular complexity index is 297. The fourth-order valence-corrected chi connectivity index (χ4v) is 2.46. The molecule has 0 aromatic carbocycles. The molecule has 1 fully saturated rings. The second-order valence-electron chi connectivity index (χ2n) is 5.05. The van der Waals surface area contributed by atoms with Gasteiger partial charge in [0.25, 0.3) is 5.91 Å². The first-order valence-electron chi connectivity index (χ1n) is 6.64. The number of hydrogen-bond donors (Lipinski definition) is 2. The molecule has 0 saturated heterocycles. The molecule has 1 atom stereocenters. The van der Waals surface area contributed by atoms with Crippen LogP contribution in [0.15, 0.2) is 0 Å². The van der Waals surface area contributed by atoms with Crippen LogP contribution >= 0.6 is 0 Å². The standard InChI is InChI=1S/C13H23NO4/c1-3-18-13(6-4-5-7-13)12(17)14-9-10(2)8-11(15)16/h10H,3-9H2,1-2H3,(H,14,17)(H,15,16). The number of carboxylic acids is 1. The average Bonchev–Trinajstić information content (AvgIpc) is 2.75. The molecule has 0 heterocycles. The van der Waals surface area contributed by atoms with Crippen LogP contribution in [0.4, 0.5) is 0 Å². The molecule has 1 aliphatic carbocycles. The molecule has 0 aromatic rings. The number of ether oxygens (including phenoxy) is 1. The van der Waals surface area contributed by atoms with Crippen molar-refractivity contribution in [2.24, 2.45) is 5.92 Å². The Morgan fingerprint density at radius 1 is 1.39 bits per heavy atom. The molecule has 0 radical (unpaired) electrons. The summed E-state index contributed by atoms with van der Waals surface area (Å²) in [6.45, 7) is 4.62. The van der Waals surface area contributed by atoms with Crippen molar-refractivity contribution in [1.29, 1.82) is 0 Å². The third kappa shape index (κ3) is 3.98. The fourth-order valence-electron chi connectivity index (χ4n) is 2.46. The van der Waals surface area contributed by atoms with Crippen LogP contribution in [-0.4, -0.2) is 35.7 Å². The average molecular weight is 257 g/mol. The Kier molecular flexibility index (Phi) is 5.59. The van der Waals surface area contributed by atoms with Gasteiger partial charge in [-0.3, -0.25) is 9.59 Å². The monoisotopic (exact) mass is 257 g/mol. The molecule has 0 spiro atoms. The summed E-state index contributed by atoms with van der Waals surface area (Å²) >= 11 is 0. The Labute approximate surface area is 108 Å². The van der Waals surface area contributed by atoms with E-state index in [-0.39, 0.29) is 18.2 Å². The molecule has 1 aliphatic rings. The molecule has 0 aromatic heterocycles. The van der Waals surface area contributed by atoms with Gasteiger partial charge in [0, 0.05) is 19.6 Å². The zero-order valence-electron chi connectivity index (χ0n) is 11.2. The SMILES string of the molecule is CCOC1(C(=O)NCC(C)CC(=O)O)CCCC1. The van der Waals surface area contributed by atoms with Gasteiger partial charge in [0.1, 0.15) is 5.60 Å². The second kappa shape index (κ2) is 6.73. The highest BCUT2D eigenvalue weighted by atomic mass is 16.5. The number of carboxylic acid groups (broad SMARTS) is 1. The first-order chi connectivity index (χ1) is 8.50. The highest BCUT2D eigenvalue weighted by Gasteiger charge is 2.41. The molecule has 0 bridgehead atoms. The van der Waals surface area contributed by atoms with Gasteiger partial charge in [0.2, 0.25) is 0 Å². The van der Waals surface area contributed by atoms with Crippen molar-refractivity contribution in [2.45, 2.75) is 51.6 Å². The minimum absolute atomic E-state index is 0.0634. The molecule has 1 rings (SSSR count). The normalized spacial score (nSPS) is 19.4. The zero-order valence-corrected chi connectivity index (χ0v) is 11.2. The highest BCUT2D eigenvalue weighted by Crippen LogP contribution is 2.33. The smallest absolute Gasteiger partial charge is 0.303 e. The van der Waals surface area contributed by atoms with Gasteiger partial charge in [-0.1, -0.05) is 6.92 Å². The van der Waals surface area contributed by atoms with Gasteiger partial charge in [-0.15, -0.1) is 0 Å². The van der Waals surface area contributed by atoms with Gasteiger partial charge >= 0.3 is 5.97 Å². The zero-order chi connectivity index (χ0) is 13.6. The maximum absolute atomic E-state index is 12.2. The van der Waals surface area contributed by atoms with Gasteiger partial charge in [-0.2, -0.15) is 0 Å². The maximum Gasteiger partial charge on any atom is 0.303 e. The molecule has 1 unspecified atom stereocenters. The Hall–Kier alpha value is -1.10. The van der Waals surface area contributed by atoms with Crippen LogP contribution in [0.25, 0.3) is 0 Å². The van der Waals surface area contributed by atoms with E-state index in [9.17, 15) is 9.59 Å². The maximum atomic E-state index is 12.2. The van der Waals surface area contributed by atoms with Crippen molar-refractivity contribution in [1.82, 2.24) is 5.32 Å². The summed E-state index contributed by atoms with van der Waals surface area (Å²) in [7, 11) is 0. The second-order valence-corrected chi connectivity index (χ2v) is 5.05. The fraction of sp³-hybridized carbons (Fsp3) is 0.846. The van der Waals surface area contributed by atoms with E-state index >= 15 is 0 Å². The molecule has 18 heavy (non-hydrogen) atoms. The lowest BCUT2D eigenvalue weighted by Gasteiger charge is -2.28. The predicted octanol–water partition coefficient (Wildman–Crippen LogP) is 1.56. The van der Waals surface area contributed by atoms with Gasteiger partial charge < -0.3 is 15.2 Å². The van der Waals surface area contributed by atoms with Crippen LogP contribution < -0.4 is 5.32 Å². The molecule has 0 aliphatic heterocycles. The largest absolute Gasteiger partial charge is 0.481 e. The first-order valence-corrected chi connectivity index (χ1v) is 6.64. The van der Waals surface area contributed by atoms with E-state index in [0.717, 1.165) is 25.7 Å². The van der Waals surface area contributed by atoms with Gasteiger partial charge in [0.15, 0.2) is 0 Å². The summed E-state index contributed by atoms with van der Waals surface area (Å²) < 4.78 is 5.64. The molecule has 5 nitrogen and oxygen atoms in total. The number of hydrogen-bond acceptors (Lipinski definition) is 3. The molecular weight excluding hydrogens is 234 g/mol. The Balaban J connectivity index is 2.45. The lowest BCUT2D eigenvalue weighted by atomic mass is 10.00. The van der Waals surface area contributed by atoms with E-state index in [4.69, 9.17) is 9.84 Å². The van der Waals surface area contributed by atoms with Crippen molar-refractivity contribution in [2.75, 3.05) is 13.2 Å². The van der Waals surface area contributed by atoms with E-state index in [1.807, 2.05) is 13.8 Å². The topological polar surface area (TPSA) is 75.6 Å². The van der Waals surface area contributed by atoms with Crippen LogP contribution in [0.1, 0.15) is 46.0 Å². The lowest BCUT2D eigenvalue weighted by Crippen LogP contribution is -2.48. The summed E-state index contributed by atoms with van der Waals surface area (Å²) in [5, 5.41) is 11.5. The van der Waals surface area contributed by atoms with Crippen molar-refractivity contribution < 1.29 is 19.4 Å². The van der Waals surface area contributed by atoms with Gasteiger partial charge in [0.05, 0.1) is 0 Å². The number of carbonyl (C=O) groups excluding carboxylic acids is 1. The van der Waals surface area contributed by atoms with Crippen molar-refractivity contribution in [3.05, 3.63) is 0 Å². The summed E-state index contributed by atoms with van der Waals surface area (Å²) in [5.41, 5.74) is -0.669. The van der Waals surface area contributed by atoms with Crippen LogP contribution in [-0.2, 0) is 14.3 Å². The summed E-state index contributed by atoms with van der Waals surface area (Å²) in [5.74, 6) is -0.984. The minimum Gasteiger partial charge on any atom is -0.481 e. The first kappa shape index (κ1) is 15.0. The Morgan fingerprint density at radius 3 is 2.50 bits per heavy atom. The number of carbonyl (C=O) groups is 2. The molecule has 1 saturated carbocycles. The third-order valence-corrected chi connectivity index (χ3v) is 3.38. The van der Waals surface area contributed by atoms with E-state index in [1.54, 1.807) is 0 Å².